The van der Waals surface area contributed by atoms with Crippen molar-refractivity contribution in [2.24, 2.45) is 0 Å². The number of anilines is 1. The van der Waals surface area contributed by atoms with Gasteiger partial charge in [0.05, 0.1) is 6.42 Å². The average Bonchev–Trinajstić information content (AvgIpc) is 3.48. The van der Waals surface area contributed by atoms with E-state index in [2.05, 4.69) is 22.3 Å². The summed E-state index contributed by atoms with van der Waals surface area (Å²) < 4.78 is 0. The first-order valence-corrected chi connectivity index (χ1v) is 11.6. The van der Waals surface area contributed by atoms with Crippen LogP contribution in [0.4, 0.5) is 5.82 Å². The number of piperidine rings is 1. The third-order valence-corrected chi connectivity index (χ3v) is 6.59. The van der Waals surface area contributed by atoms with Crippen molar-refractivity contribution in [3.05, 3.63) is 70.9 Å². The predicted molar refractivity (Wildman–Crippen MR) is 124 cm³/mol. The molecule has 1 atom stereocenters. The Morgan fingerprint density at radius 3 is 2.82 bits per heavy atom. The number of carbonyl (C=O) groups excluding carboxylic acids is 2. The van der Waals surface area contributed by atoms with Crippen molar-refractivity contribution in [2.45, 2.75) is 44.9 Å². The van der Waals surface area contributed by atoms with E-state index in [0.717, 1.165) is 48.6 Å². The first kappa shape index (κ1) is 21.3. The fourth-order valence-corrected chi connectivity index (χ4v) is 4.81. The second kappa shape index (κ2) is 9.13. The van der Waals surface area contributed by atoms with E-state index < -0.39 is 0 Å². The summed E-state index contributed by atoms with van der Waals surface area (Å²) in [5.74, 6) is 1.58. The number of amides is 2. The fraction of sp³-hybridized carbons (Fsp3) is 0.400. The Morgan fingerprint density at radius 1 is 1.18 bits per heavy atom. The van der Waals surface area contributed by atoms with E-state index in [0.29, 0.717) is 31.7 Å². The summed E-state index contributed by atoms with van der Waals surface area (Å²) in [6.45, 7) is 3.88. The van der Waals surface area contributed by atoms with Gasteiger partial charge in [-0.25, -0.2) is 9.97 Å². The lowest BCUT2D eigenvalue weighted by molar-refractivity contribution is -0.117. The quantitative estimate of drug-likeness (QED) is 0.631. The Balaban J connectivity index is 1.32. The van der Waals surface area contributed by atoms with Gasteiger partial charge in [0.2, 0.25) is 5.91 Å². The number of nitrogens with one attached hydrogen (secondary N) is 1. The molecule has 4 heterocycles. The van der Waals surface area contributed by atoms with Crippen molar-refractivity contribution >= 4 is 17.6 Å². The molecule has 1 N–H and O–H groups in total. The molecule has 0 saturated carbocycles. The molecule has 0 bridgehead atoms. The lowest BCUT2D eigenvalue weighted by atomic mass is 9.96. The Bertz CT molecular complexity index is 1150. The molecular formula is C25H28N6O2. The maximum Gasteiger partial charge on any atom is 0.271 e. The minimum absolute atomic E-state index is 0.0483. The van der Waals surface area contributed by atoms with Crippen molar-refractivity contribution in [1.82, 2.24) is 25.1 Å². The van der Waals surface area contributed by atoms with Crippen LogP contribution in [0.5, 0.6) is 0 Å². The van der Waals surface area contributed by atoms with Crippen LogP contribution in [0.1, 0.15) is 58.3 Å². The first-order valence-electron chi connectivity index (χ1n) is 11.6. The number of benzene rings is 1. The number of likely N-dealkylation sites (tertiary alicyclic amines) is 1. The van der Waals surface area contributed by atoms with Gasteiger partial charge in [-0.3, -0.25) is 19.6 Å². The van der Waals surface area contributed by atoms with Gasteiger partial charge in [0.15, 0.2) is 0 Å². The third kappa shape index (κ3) is 4.37. The number of aromatic nitrogens is 4. The van der Waals surface area contributed by atoms with Crippen molar-refractivity contribution in [2.75, 3.05) is 24.5 Å². The normalized spacial score (nSPS) is 18.0. The van der Waals surface area contributed by atoms with Gasteiger partial charge in [0.1, 0.15) is 17.3 Å². The Hall–Kier alpha value is -3.55. The molecule has 1 saturated heterocycles. The molecule has 8 nitrogen and oxygen atoms in total. The van der Waals surface area contributed by atoms with Gasteiger partial charge in [0, 0.05) is 43.0 Å². The molecule has 2 aliphatic rings. The second-order valence-electron chi connectivity index (χ2n) is 8.84. The molecule has 170 valence electrons. The molecule has 1 aromatic carbocycles. The minimum Gasteiger partial charge on any atom is -0.337 e. The Kier molecular flexibility index (Phi) is 5.90. The highest BCUT2D eigenvalue weighted by molar-refractivity contribution is 6.00. The van der Waals surface area contributed by atoms with E-state index in [-0.39, 0.29) is 17.7 Å². The van der Waals surface area contributed by atoms with Crippen molar-refractivity contribution in [3.63, 3.8) is 0 Å². The molecule has 2 aliphatic heterocycles. The highest BCUT2D eigenvalue weighted by Crippen LogP contribution is 2.33. The maximum absolute atomic E-state index is 12.8. The van der Waals surface area contributed by atoms with Crippen LogP contribution in [0.2, 0.25) is 0 Å². The van der Waals surface area contributed by atoms with Crippen LogP contribution in [-0.2, 0) is 17.6 Å². The highest BCUT2D eigenvalue weighted by Gasteiger charge is 2.34. The third-order valence-electron chi connectivity index (χ3n) is 6.59. The molecule has 2 aromatic heterocycles. The molecule has 0 radical (unpaired) electrons. The van der Waals surface area contributed by atoms with E-state index in [9.17, 15) is 9.59 Å². The van der Waals surface area contributed by atoms with E-state index in [1.165, 1.54) is 5.56 Å². The number of hydrogen-bond donors (Lipinski definition) is 1. The number of H-pyrrole nitrogens is 1. The number of nitrogens with zero attached hydrogens (tertiary/aromatic N) is 5. The van der Waals surface area contributed by atoms with Gasteiger partial charge in [-0.2, -0.15) is 5.10 Å². The highest BCUT2D eigenvalue weighted by atomic mass is 16.2. The van der Waals surface area contributed by atoms with Gasteiger partial charge < -0.3 is 4.90 Å². The van der Waals surface area contributed by atoms with Crippen LogP contribution >= 0.6 is 0 Å². The fourth-order valence-electron chi connectivity index (χ4n) is 4.81. The molecule has 1 unspecified atom stereocenters. The van der Waals surface area contributed by atoms with Crippen LogP contribution in [0.15, 0.2) is 42.6 Å². The maximum atomic E-state index is 12.8. The molecule has 3 aromatic rings. The lowest BCUT2D eigenvalue weighted by Gasteiger charge is -2.32. The van der Waals surface area contributed by atoms with Crippen LogP contribution in [0, 0.1) is 6.92 Å². The zero-order valence-electron chi connectivity index (χ0n) is 18.8. The summed E-state index contributed by atoms with van der Waals surface area (Å²) in [7, 11) is 0. The summed E-state index contributed by atoms with van der Waals surface area (Å²) in [6.07, 6.45) is 5.57. The van der Waals surface area contributed by atoms with E-state index >= 15 is 0 Å². The van der Waals surface area contributed by atoms with Gasteiger partial charge in [-0.05, 0) is 44.2 Å². The predicted octanol–water partition coefficient (Wildman–Crippen LogP) is 3.05. The van der Waals surface area contributed by atoms with Gasteiger partial charge >= 0.3 is 0 Å². The average molecular weight is 445 g/mol. The second-order valence-corrected chi connectivity index (χ2v) is 8.84. The SMILES string of the molecule is Cc1nc(C2CCCN(C(=O)c3ccn[nH]3)C2)nc2c1CC(=O)N2CCCc1ccccc1. The summed E-state index contributed by atoms with van der Waals surface area (Å²) in [5, 5.41) is 6.65. The minimum atomic E-state index is -0.0483. The Morgan fingerprint density at radius 2 is 2.03 bits per heavy atom. The van der Waals surface area contributed by atoms with Crippen LogP contribution in [0.25, 0.3) is 0 Å². The molecule has 2 amide bonds. The molecule has 5 rings (SSSR count). The van der Waals surface area contributed by atoms with Crippen LogP contribution in [0.3, 0.4) is 0 Å². The van der Waals surface area contributed by atoms with Gasteiger partial charge in [-0.15, -0.1) is 0 Å². The molecule has 8 heteroatoms. The first-order chi connectivity index (χ1) is 16.1. The standard InChI is InChI=1S/C25H28N6O2/c1-17-20-15-22(32)31(14-5-9-18-7-3-2-4-8-18)24(20)28-23(27-17)19-10-6-13-30(16-19)25(33)21-11-12-26-29-21/h2-4,7-8,11-12,19H,5-6,9-10,13-16H2,1H3,(H,26,29). The summed E-state index contributed by atoms with van der Waals surface area (Å²) >= 11 is 0. The number of hydrogen-bond acceptors (Lipinski definition) is 5. The Labute approximate surface area is 193 Å². The molecule has 0 aliphatic carbocycles. The number of carbonyl (C=O) groups is 2. The number of aromatic amines is 1. The smallest absolute Gasteiger partial charge is 0.271 e. The van der Waals surface area contributed by atoms with Crippen molar-refractivity contribution in [1.29, 1.82) is 0 Å². The largest absolute Gasteiger partial charge is 0.337 e. The van der Waals surface area contributed by atoms with Gasteiger partial charge in [-0.1, -0.05) is 30.3 Å². The monoisotopic (exact) mass is 444 g/mol. The van der Waals surface area contributed by atoms with Crippen LogP contribution in [-0.4, -0.2) is 56.5 Å². The summed E-state index contributed by atoms with van der Waals surface area (Å²) in [6, 6.07) is 12.0. The number of rotatable bonds is 6. The zero-order chi connectivity index (χ0) is 22.8. The van der Waals surface area contributed by atoms with E-state index in [4.69, 9.17) is 9.97 Å². The molecular weight excluding hydrogens is 416 g/mol. The summed E-state index contributed by atoms with van der Waals surface area (Å²) in [4.78, 5) is 38.9. The van der Waals surface area contributed by atoms with E-state index in [1.807, 2.05) is 34.9 Å². The van der Waals surface area contributed by atoms with Crippen LogP contribution < -0.4 is 4.90 Å². The number of aryl methyl sites for hydroxylation is 2. The molecule has 1 fully saturated rings. The van der Waals surface area contributed by atoms with Crippen molar-refractivity contribution < 1.29 is 9.59 Å². The zero-order valence-corrected chi connectivity index (χ0v) is 18.8. The summed E-state index contributed by atoms with van der Waals surface area (Å²) in [5.41, 5.74) is 3.57. The topological polar surface area (TPSA) is 95.1 Å². The van der Waals surface area contributed by atoms with E-state index in [1.54, 1.807) is 12.3 Å². The van der Waals surface area contributed by atoms with Crippen molar-refractivity contribution in [3.8, 4) is 0 Å². The number of fused-ring (bicyclic) bond motifs is 1. The lowest BCUT2D eigenvalue weighted by Crippen LogP contribution is -2.40. The van der Waals surface area contributed by atoms with Gasteiger partial charge in [0.25, 0.3) is 5.91 Å². The molecule has 33 heavy (non-hydrogen) atoms. The molecule has 0 spiro atoms.